The van der Waals surface area contributed by atoms with Crippen molar-refractivity contribution in [2.75, 3.05) is 10.8 Å². The Morgan fingerprint density at radius 1 is 1.13 bits per heavy atom. The summed E-state index contributed by atoms with van der Waals surface area (Å²) in [4.78, 5) is 11.6. The standard InChI is InChI=1S/C17H18N2O3S/c1-11(2)12-7-8-15-14(9-12)13-5-3-4-6-16(13)23(21,22)19(15)10-17(18)20/h3-9,11H,10H2,1-2H3,(H2,18,20). The first-order valence-electron chi connectivity index (χ1n) is 7.36. The molecule has 1 heterocycles. The number of sulfonamides is 1. The first-order valence-corrected chi connectivity index (χ1v) is 8.81. The number of nitrogens with two attached hydrogens (primary N) is 1. The third-order valence-corrected chi connectivity index (χ3v) is 5.82. The maximum atomic E-state index is 12.8. The molecule has 0 aromatic heterocycles. The Hall–Kier alpha value is -2.34. The molecule has 0 fully saturated rings. The number of carbonyl (C=O) groups excluding carboxylic acids is 1. The van der Waals surface area contributed by atoms with E-state index in [0.29, 0.717) is 17.2 Å². The molecule has 0 unspecified atom stereocenters. The van der Waals surface area contributed by atoms with Gasteiger partial charge in [0.1, 0.15) is 6.54 Å². The summed E-state index contributed by atoms with van der Waals surface area (Å²) in [6.07, 6.45) is 0. The second-order valence-corrected chi connectivity index (χ2v) is 7.74. The molecule has 2 aromatic rings. The third-order valence-electron chi connectivity index (χ3n) is 4.00. The van der Waals surface area contributed by atoms with Crippen LogP contribution in [0.4, 0.5) is 5.69 Å². The van der Waals surface area contributed by atoms with E-state index in [2.05, 4.69) is 13.8 Å². The molecule has 5 nitrogen and oxygen atoms in total. The zero-order valence-corrected chi connectivity index (χ0v) is 13.8. The number of nitrogens with zero attached hydrogens (tertiary/aromatic N) is 1. The summed E-state index contributed by atoms with van der Waals surface area (Å²) in [7, 11) is -3.79. The van der Waals surface area contributed by atoms with Crippen LogP contribution in [0.25, 0.3) is 11.1 Å². The minimum absolute atomic E-state index is 0.203. The summed E-state index contributed by atoms with van der Waals surface area (Å²) in [6, 6.07) is 12.5. The second-order valence-electron chi connectivity index (χ2n) is 5.91. The summed E-state index contributed by atoms with van der Waals surface area (Å²) in [5.41, 5.74) is 8.32. The normalized spacial score (nSPS) is 15.2. The summed E-state index contributed by atoms with van der Waals surface area (Å²) >= 11 is 0. The van der Waals surface area contributed by atoms with Gasteiger partial charge in [-0.15, -0.1) is 0 Å². The molecule has 0 spiro atoms. The fourth-order valence-corrected chi connectivity index (χ4v) is 4.48. The molecule has 0 saturated heterocycles. The van der Waals surface area contributed by atoms with Gasteiger partial charge >= 0.3 is 0 Å². The van der Waals surface area contributed by atoms with Gasteiger partial charge < -0.3 is 5.73 Å². The number of anilines is 1. The Bertz CT molecular complexity index is 888. The number of hydrogen-bond donors (Lipinski definition) is 1. The molecule has 2 N–H and O–H groups in total. The summed E-state index contributed by atoms with van der Waals surface area (Å²) < 4.78 is 26.8. The van der Waals surface area contributed by atoms with Crippen LogP contribution in [0, 0.1) is 0 Å². The van der Waals surface area contributed by atoms with E-state index >= 15 is 0 Å². The minimum Gasteiger partial charge on any atom is -0.368 e. The van der Waals surface area contributed by atoms with Gasteiger partial charge in [-0.1, -0.05) is 38.1 Å². The minimum atomic E-state index is -3.79. The van der Waals surface area contributed by atoms with Crippen LogP contribution in [-0.2, 0) is 14.8 Å². The van der Waals surface area contributed by atoms with Gasteiger partial charge in [-0.25, -0.2) is 8.42 Å². The summed E-state index contributed by atoms with van der Waals surface area (Å²) in [5, 5.41) is 0. The average molecular weight is 330 g/mol. The van der Waals surface area contributed by atoms with Gasteiger partial charge in [-0.05, 0) is 29.7 Å². The summed E-state index contributed by atoms with van der Waals surface area (Å²) in [6.45, 7) is 3.79. The average Bonchev–Trinajstić information content (AvgIpc) is 2.51. The topological polar surface area (TPSA) is 80.5 Å². The largest absolute Gasteiger partial charge is 0.368 e. The van der Waals surface area contributed by atoms with Gasteiger partial charge in [-0.2, -0.15) is 0 Å². The molecule has 6 heteroatoms. The number of carbonyl (C=O) groups is 1. The van der Waals surface area contributed by atoms with E-state index in [4.69, 9.17) is 5.73 Å². The fourth-order valence-electron chi connectivity index (χ4n) is 2.82. The maximum Gasteiger partial charge on any atom is 0.265 e. The molecule has 2 aromatic carbocycles. The van der Waals surface area contributed by atoms with Gasteiger partial charge in [0.2, 0.25) is 5.91 Å². The highest BCUT2D eigenvalue weighted by molar-refractivity contribution is 7.93. The number of rotatable bonds is 3. The van der Waals surface area contributed by atoms with Gasteiger partial charge in [0, 0.05) is 11.1 Å². The van der Waals surface area contributed by atoms with Crippen LogP contribution in [0.2, 0.25) is 0 Å². The molecular formula is C17H18N2O3S. The van der Waals surface area contributed by atoms with E-state index in [1.165, 1.54) is 0 Å². The van der Waals surface area contributed by atoms with Crippen molar-refractivity contribution in [2.24, 2.45) is 5.73 Å². The van der Waals surface area contributed by atoms with Gasteiger partial charge in [-0.3, -0.25) is 9.10 Å². The van der Waals surface area contributed by atoms with Crippen molar-refractivity contribution in [3.8, 4) is 11.1 Å². The molecule has 0 radical (unpaired) electrons. The highest BCUT2D eigenvalue weighted by atomic mass is 32.2. The smallest absolute Gasteiger partial charge is 0.265 e. The Kier molecular flexibility index (Phi) is 3.64. The lowest BCUT2D eigenvalue weighted by atomic mass is 9.95. The molecule has 0 atom stereocenters. The quantitative estimate of drug-likeness (QED) is 0.939. The van der Waals surface area contributed by atoms with E-state index in [9.17, 15) is 13.2 Å². The van der Waals surface area contributed by atoms with Gasteiger partial charge in [0.15, 0.2) is 0 Å². The van der Waals surface area contributed by atoms with Crippen molar-refractivity contribution in [3.05, 3.63) is 48.0 Å². The van der Waals surface area contributed by atoms with Crippen molar-refractivity contribution < 1.29 is 13.2 Å². The lowest BCUT2D eigenvalue weighted by molar-refractivity contribution is -0.116. The van der Waals surface area contributed by atoms with Crippen LogP contribution < -0.4 is 10.0 Å². The maximum absolute atomic E-state index is 12.8. The van der Waals surface area contributed by atoms with Gasteiger partial charge in [0.25, 0.3) is 10.0 Å². The van der Waals surface area contributed by atoms with Crippen molar-refractivity contribution in [1.82, 2.24) is 0 Å². The molecule has 1 amide bonds. The van der Waals surface area contributed by atoms with Crippen LogP contribution in [0.3, 0.4) is 0 Å². The third kappa shape index (κ3) is 2.49. The number of primary amides is 1. The molecule has 1 aliphatic heterocycles. The molecule has 1 aliphatic rings. The fraction of sp³-hybridized carbons (Fsp3) is 0.235. The van der Waals surface area contributed by atoms with Crippen molar-refractivity contribution >= 4 is 21.6 Å². The molecule has 0 saturated carbocycles. The second kappa shape index (κ2) is 5.38. The van der Waals surface area contributed by atoms with Crippen LogP contribution in [-0.4, -0.2) is 20.9 Å². The Morgan fingerprint density at radius 2 is 1.83 bits per heavy atom. The van der Waals surface area contributed by atoms with Gasteiger partial charge in [0.05, 0.1) is 10.6 Å². The number of benzene rings is 2. The lowest BCUT2D eigenvalue weighted by Gasteiger charge is -2.31. The molecule has 23 heavy (non-hydrogen) atoms. The van der Waals surface area contributed by atoms with Crippen molar-refractivity contribution in [2.45, 2.75) is 24.7 Å². The van der Waals surface area contributed by atoms with E-state index in [1.807, 2.05) is 18.2 Å². The van der Waals surface area contributed by atoms with Crippen LogP contribution >= 0.6 is 0 Å². The van der Waals surface area contributed by atoms with E-state index in [1.54, 1.807) is 24.3 Å². The lowest BCUT2D eigenvalue weighted by Crippen LogP contribution is -2.40. The zero-order valence-electron chi connectivity index (χ0n) is 13.0. The van der Waals surface area contributed by atoms with Crippen LogP contribution in [0.5, 0.6) is 0 Å². The highest BCUT2D eigenvalue weighted by Gasteiger charge is 2.35. The number of amides is 1. The predicted molar refractivity (Wildman–Crippen MR) is 89.7 cm³/mol. The summed E-state index contributed by atoms with van der Waals surface area (Å²) in [5.74, 6) is -0.373. The highest BCUT2D eigenvalue weighted by Crippen LogP contribution is 2.43. The SMILES string of the molecule is CC(C)c1ccc2c(c1)-c1ccccc1S(=O)(=O)N2CC(N)=O. The molecule has 0 bridgehead atoms. The van der Waals surface area contributed by atoms with Crippen LogP contribution in [0.15, 0.2) is 47.4 Å². The van der Waals surface area contributed by atoms with E-state index in [-0.39, 0.29) is 11.4 Å². The molecule has 120 valence electrons. The first kappa shape index (κ1) is 15.6. The van der Waals surface area contributed by atoms with Crippen molar-refractivity contribution in [3.63, 3.8) is 0 Å². The van der Waals surface area contributed by atoms with Crippen LogP contribution in [0.1, 0.15) is 25.3 Å². The van der Waals surface area contributed by atoms with Crippen molar-refractivity contribution in [1.29, 1.82) is 0 Å². The zero-order chi connectivity index (χ0) is 16.8. The monoisotopic (exact) mass is 330 g/mol. The molecular weight excluding hydrogens is 312 g/mol. The molecule has 0 aliphatic carbocycles. The number of hydrogen-bond acceptors (Lipinski definition) is 3. The van der Waals surface area contributed by atoms with E-state index in [0.717, 1.165) is 15.4 Å². The Balaban J connectivity index is 2.32. The molecule has 3 rings (SSSR count). The Morgan fingerprint density at radius 3 is 2.48 bits per heavy atom. The number of fused-ring (bicyclic) bond motifs is 3. The van der Waals surface area contributed by atoms with E-state index < -0.39 is 15.9 Å². The first-order chi connectivity index (χ1) is 10.8. The predicted octanol–water partition coefficient (Wildman–Crippen LogP) is 2.47. The Labute approximate surface area is 135 Å².